The fraction of sp³-hybridized carbons (Fsp3) is 0.250. The lowest BCUT2D eigenvalue weighted by molar-refractivity contribution is -0.144. The summed E-state index contributed by atoms with van der Waals surface area (Å²) < 4.78 is 10.5. The van der Waals surface area contributed by atoms with Crippen LogP contribution in [-0.4, -0.2) is 18.4 Å². The Balaban J connectivity index is 1.57. The van der Waals surface area contributed by atoms with Crippen molar-refractivity contribution in [2.24, 2.45) is 0 Å². The van der Waals surface area contributed by atoms with Gasteiger partial charge in [-0.15, -0.1) is 11.3 Å². The number of hydrogen-bond acceptors (Lipinski definition) is 6. The molecule has 140 valence electrons. The number of carbonyl (C=O) groups is 2. The van der Waals surface area contributed by atoms with Crippen LogP contribution in [0.3, 0.4) is 0 Å². The number of rotatable bonds is 7. The Morgan fingerprint density at radius 1 is 1.22 bits per heavy atom. The van der Waals surface area contributed by atoms with Gasteiger partial charge in [0.25, 0.3) is 5.91 Å². The lowest BCUT2D eigenvalue weighted by Gasteiger charge is -2.08. The summed E-state index contributed by atoms with van der Waals surface area (Å²) in [4.78, 5) is 36.1. The van der Waals surface area contributed by atoms with Crippen molar-refractivity contribution in [2.45, 2.75) is 26.4 Å². The molecule has 0 atom stereocenters. The Morgan fingerprint density at radius 2 is 2.07 bits per heavy atom. The Hall–Kier alpha value is -2.93. The minimum Gasteiger partial charge on any atom is -0.461 e. The third-order valence-electron chi connectivity index (χ3n) is 4.05. The fourth-order valence-electron chi connectivity index (χ4n) is 2.62. The number of ether oxygens (including phenoxy) is 1. The minimum atomic E-state index is -0.481. The van der Waals surface area contributed by atoms with E-state index < -0.39 is 11.6 Å². The quantitative estimate of drug-likeness (QED) is 0.498. The number of hydrogen-bond donors (Lipinski definition) is 1. The first-order valence-electron chi connectivity index (χ1n) is 8.60. The normalized spacial score (nSPS) is 10.7. The smallest absolute Gasteiger partial charge is 0.336 e. The molecule has 1 N–H and O–H groups in total. The Kier molecular flexibility index (Phi) is 6.03. The van der Waals surface area contributed by atoms with E-state index in [2.05, 4.69) is 5.32 Å². The maximum Gasteiger partial charge on any atom is 0.336 e. The first kappa shape index (κ1) is 18.8. The van der Waals surface area contributed by atoms with E-state index in [9.17, 15) is 14.4 Å². The van der Waals surface area contributed by atoms with Gasteiger partial charge in [-0.2, -0.15) is 0 Å². The minimum absolute atomic E-state index is 0.0225. The van der Waals surface area contributed by atoms with E-state index >= 15 is 0 Å². The van der Waals surface area contributed by atoms with Gasteiger partial charge in [-0.25, -0.2) is 4.79 Å². The number of fused-ring (bicyclic) bond motifs is 1. The molecule has 6 nitrogen and oxygen atoms in total. The van der Waals surface area contributed by atoms with Gasteiger partial charge >= 0.3 is 11.6 Å². The van der Waals surface area contributed by atoms with Gasteiger partial charge in [0.15, 0.2) is 0 Å². The number of carbonyl (C=O) groups excluding carboxylic acids is 2. The van der Waals surface area contributed by atoms with Crippen molar-refractivity contribution < 1.29 is 18.7 Å². The van der Waals surface area contributed by atoms with Crippen molar-refractivity contribution in [2.75, 3.05) is 6.54 Å². The van der Waals surface area contributed by atoms with Crippen LogP contribution in [-0.2, 0) is 22.6 Å². The molecule has 0 saturated carbocycles. The van der Waals surface area contributed by atoms with Crippen molar-refractivity contribution in [3.63, 3.8) is 0 Å². The molecule has 2 heterocycles. The first-order valence-corrected chi connectivity index (χ1v) is 9.47. The molecular weight excluding hydrogens is 366 g/mol. The van der Waals surface area contributed by atoms with E-state index in [1.54, 1.807) is 12.1 Å². The molecule has 0 radical (unpaired) electrons. The molecule has 0 unspecified atom stereocenters. The standard InChI is InChI=1S/C20H19NO5S/c1-2-13-5-6-15-14(11-19(23)26-16(15)10-13)12-25-18(22)7-8-21-20(24)17-4-3-9-27-17/h3-6,9-11H,2,7-8,12H2,1H3,(H,21,24). The van der Waals surface area contributed by atoms with Gasteiger partial charge in [-0.1, -0.05) is 25.1 Å². The highest BCUT2D eigenvalue weighted by atomic mass is 32.1. The van der Waals surface area contributed by atoms with Crippen LogP contribution < -0.4 is 10.9 Å². The molecule has 0 aliphatic heterocycles. The van der Waals surface area contributed by atoms with Gasteiger partial charge in [-0.3, -0.25) is 9.59 Å². The summed E-state index contributed by atoms with van der Waals surface area (Å²) in [5.74, 6) is -0.663. The van der Waals surface area contributed by atoms with Crippen LogP contribution in [0.5, 0.6) is 0 Å². The van der Waals surface area contributed by atoms with E-state index in [4.69, 9.17) is 9.15 Å². The van der Waals surface area contributed by atoms with Gasteiger partial charge < -0.3 is 14.5 Å². The van der Waals surface area contributed by atoms with Crippen LogP contribution in [0.4, 0.5) is 0 Å². The Labute approximate surface area is 159 Å². The van der Waals surface area contributed by atoms with Gasteiger partial charge in [0, 0.05) is 23.6 Å². The van der Waals surface area contributed by atoms with Crippen LogP contribution in [0, 0.1) is 0 Å². The third kappa shape index (κ3) is 4.83. The monoisotopic (exact) mass is 385 g/mol. The fourth-order valence-corrected chi connectivity index (χ4v) is 3.26. The van der Waals surface area contributed by atoms with E-state index in [-0.39, 0.29) is 25.5 Å². The molecule has 0 aliphatic rings. The summed E-state index contributed by atoms with van der Waals surface area (Å²) in [7, 11) is 0. The summed E-state index contributed by atoms with van der Waals surface area (Å²) in [6.07, 6.45) is 0.881. The second-order valence-electron chi connectivity index (χ2n) is 5.92. The average molecular weight is 385 g/mol. The van der Waals surface area contributed by atoms with Crippen LogP contribution in [0.25, 0.3) is 11.0 Å². The molecule has 27 heavy (non-hydrogen) atoms. The molecule has 0 saturated heterocycles. The molecule has 0 spiro atoms. The largest absolute Gasteiger partial charge is 0.461 e. The zero-order valence-corrected chi connectivity index (χ0v) is 15.6. The molecule has 0 bridgehead atoms. The number of amides is 1. The molecule has 1 aromatic carbocycles. The Bertz CT molecular complexity index is 1010. The lowest BCUT2D eigenvalue weighted by Crippen LogP contribution is -2.25. The zero-order valence-electron chi connectivity index (χ0n) is 14.8. The molecule has 0 aliphatic carbocycles. The van der Waals surface area contributed by atoms with Crippen LogP contribution in [0.2, 0.25) is 0 Å². The SMILES string of the molecule is CCc1ccc2c(COC(=O)CCNC(=O)c3cccs3)cc(=O)oc2c1. The maximum atomic E-state index is 11.9. The molecular formula is C20H19NO5S. The van der Waals surface area contributed by atoms with E-state index in [0.29, 0.717) is 16.0 Å². The number of esters is 1. The highest BCUT2D eigenvalue weighted by molar-refractivity contribution is 7.12. The van der Waals surface area contributed by atoms with Crippen LogP contribution >= 0.6 is 11.3 Å². The zero-order chi connectivity index (χ0) is 19.2. The van der Waals surface area contributed by atoms with Crippen molar-refractivity contribution in [1.82, 2.24) is 5.32 Å². The molecule has 3 aromatic rings. The molecule has 0 fully saturated rings. The van der Waals surface area contributed by atoms with Crippen LogP contribution in [0.1, 0.15) is 34.1 Å². The predicted octanol–water partition coefficient (Wildman–Crippen LogP) is 3.28. The molecule has 7 heteroatoms. The lowest BCUT2D eigenvalue weighted by atomic mass is 10.1. The van der Waals surface area contributed by atoms with Gasteiger partial charge in [0.1, 0.15) is 12.2 Å². The average Bonchev–Trinajstić information content (AvgIpc) is 3.20. The first-order chi connectivity index (χ1) is 13.1. The van der Waals surface area contributed by atoms with Crippen molar-refractivity contribution in [3.05, 3.63) is 68.2 Å². The number of aryl methyl sites for hydroxylation is 1. The second-order valence-corrected chi connectivity index (χ2v) is 6.87. The van der Waals surface area contributed by atoms with E-state index in [1.807, 2.05) is 30.5 Å². The maximum absolute atomic E-state index is 11.9. The van der Waals surface area contributed by atoms with Gasteiger partial charge in [0.05, 0.1) is 11.3 Å². The predicted molar refractivity (Wildman–Crippen MR) is 103 cm³/mol. The summed E-state index contributed by atoms with van der Waals surface area (Å²) in [5, 5.41) is 5.23. The third-order valence-corrected chi connectivity index (χ3v) is 4.92. The molecule has 2 aromatic heterocycles. The van der Waals surface area contributed by atoms with E-state index in [1.165, 1.54) is 17.4 Å². The second kappa shape index (κ2) is 8.64. The summed E-state index contributed by atoms with van der Waals surface area (Å²) >= 11 is 1.34. The summed E-state index contributed by atoms with van der Waals surface area (Å²) in [6, 6.07) is 10.5. The molecule has 1 amide bonds. The van der Waals surface area contributed by atoms with E-state index in [0.717, 1.165) is 17.4 Å². The summed E-state index contributed by atoms with van der Waals surface area (Å²) in [5.41, 5.74) is 1.65. The van der Waals surface area contributed by atoms with Crippen molar-refractivity contribution >= 4 is 34.2 Å². The van der Waals surface area contributed by atoms with Gasteiger partial charge in [-0.05, 0) is 29.5 Å². The summed E-state index contributed by atoms with van der Waals surface area (Å²) in [6.45, 7) is 2.18. The molecule has 3 rings (SSSR count). The van der Waals surface area contributed by atoms with Crippen molar-refractivity contribution in [1.29, 1.82) is 0 Å². The number of nitrogens with one attached hydrogen (secondary N) is 1. The highest BCUT2D eigenvalue weighted by Gasteiger charge is 2.11. The van der Waals surface area contributed by atoms with Gasteiger partial charge in [0.2, 0.25) is 0 Å². The number of benzene rings is 1. The Morgan fingerprint density at radius 3 is 2.81 bits per heavy atom. The topological polar surface area (TPSA) is 85.6 Å². The van der Waals surface area contributed by atoms with Crippen molar-refractivity contribution in [3.8, 4) is 0 Å². The van der Waals surface area contributed by atoms with Crippen LogP contribution in [0.15, 0.2) is 51.0 Å². The highest BCUT2D eigenvalue weighted by Crippen LogP contribution is 2.20. The number of thiophene rings is 1.